The summed E-state index contributed by atoms with van der Waals surface area (Å²) in [5, 5.41) is 6.36. The Morgan fingerprint density at radius 2 is 2.53 bits per heavy atom. The summed E-state index contributed by atoms with van der Waals surface area (Å²) >= 11 is 0. The van der Waals surface area contributed by atoms with E-state index in [4.69, 9.17) is 6.42 Å². The van der Waals surface area contributed by atoms with Crippen LogP contribution >= 0.6 is 0 Å². The van der Waals surface area contributed by atoms with Crippen molar-refractivity contribution in [3.05, 3.63) is 0 Å². The molecule has 2 N–H and O–H groups in total. The van der Waals surface area contributed by atoms with Gasteiger partial charge in [0.2, 0.25) is 5.91 Å². The number of amides is 1. The Morgan fingerprint density at radius 3 is 3.13 bits per heavy atom. The Labute approximate surface area is 92.0 Å². The molecule has 1 saturated heterocycles. The van der Waals surface area contributed by atoms with Gasteiger partial charge < -0.3 is 10.6 Å². The Kier molecular flexibility index (Phi) is 5.20. The summed E-state index contributed by atoms with van der Waals surface area (Å²) in [7, 11) is 0. The number of piperidine rings is 1. The first-order valence-corrected chi connectivity index (χ1v) is 5.67. The standard InChI is InChI=1S/C12H20N2O/c1-3-4-7-12(15)14-10(2)11-6-5-8-13-9-11/h1,10-11,13H,4-9H2,2H3,(H,14,15). The number of hydrogen-bond donors (Lipinski definition) is 2. The van der Waals surface area contributed by atoms with E-state index in [1.165, 1.54) is 12.8 Å². The van der Waals surface area contributed by atoms with Crippen molar-refractivity contribution in [1.82, 2.24) is 10.6 Å². The van der Waals surface area contributed by atoms with E-state index in [1.807, 2.05) is 0 Å². The molecule has 1 amide bonds. The van der Waals surface area contributed by atoms with Gasteiger partial charge in [-0.2, -0.15) is 0 Å². The van der Waals surface area contributed by atoms with Crippen molar-refractivity contribution in [3.8, 4) is 12.3 Å². The molecular weight excluding hydrogens is 188 g/mol. The molecule has 84 valence electrons. The molecule has 0 aromatic rings. The van der Waals surface area contributed by atoms with Gasteiger partial charge in [0.05, 0.1) is 0 Å². The van der Waals surface area contributed by atoms with Crippen LogP contribution in [-0.2, 0) is 4.79 Å². The third-order valence-electron chi connectivity index (χ3n) is 2.93. The maximum absolute atomic E-state index is 11.4. The summed E-state index contributed by atoms with van der Waals surface area (Å²) in [5.74, 6) is 3.12. The highest BCUT2D eigenvalue weighted by atomic mass is 16.1. The summed E-state index contributed by atoms with van der Waals surface area (Å²) in [6.07, 6.45) is 8.49. The first kappa shape index (κ1) is 12.1. The number of nitrogens with one attached hydrogen (secondary N) is 2. The Balaban J connectivity index is 2.24. The van der Waals surface area contributed by atoms with Crippen LogP contribution < -0.4 is 10.6 Å². The van der Waals surface area contributed by atoms with Crippen molar-refractivity contribution < 1.29 is 4.79 Å². The minimum atomic E-state index is 0.0750. The van der Waals surface area contributed by atoms with Crippen LogP contribution in [0.2, 0.25) is 0 Å². The maximum Gasteiger partial charge on any atom is 0.221 e. The van der Waals surface area contributed by atoms with Crippen LogP contribution in [0, 0.1) is 18.3 Å². The SMILES string of the molecule is C#CCCC(=O)NC(C)C1CCCNC1. The van der Waals surface area contributed by atoms with Gasteiger partial charge in [0.25, 0.3) is 0 Å². The van der Waals surface area contributed by atoms with Crippen molar-refractivity contribution in [3.63, 3.8) is 0 Å². The van der Waals surface area contributed by atoms with Gasteiger partial charge in [-0.25, -0.2) is 0 Å². The van der Waals surface area contributed by atoms with Gasteiger partial charge in [-0.15, -0.1) is 12.3 Å². The van der Waals surface area contributed by atoms with Crippen molar-refractivity contribution in [2.45, 2.75) is 38.6 Å². The molecule has 2 atom stereocenters. The lowest BCUT2D eigenvalue weighted by Gasteiger charge is -2.28. The van der Waals surface area contributed by atoms with Crippen LogP contribution in [0.25, 0.3) is 0 Å². The zero-order valence-electron chi connectivity index (χ0n) is 9.38. The van der Waals surface area contributed by atoms with Crippen LogP contribution in [-0.4, -0.2) is 25.0 Å². The maximum atomic E-state index is 11.4. The van der Waals surface area contributed by atoms with Crippen LogP contribution in [0.4, 0.5) is 0 Å². The lowest BCUT2D eigenvalue weighted by atomic mass is 9.93. The van der Waals surface area contributed by atoms with E-state index in [2.05, 4.69) is 23.5 Å². The Bertz CT molecular complexity index is 238. The molecule has 1 aliphatic rings. The second-order valence-electron chi connectivity index (χ2n) is 4.17. The first-order valence-electron chi connectivity index (χ1n) is 5.67. The van der Waals surface area contributed by atoms with Gasteiger partial charge in [-0.1, -0.05) is 0 Å². The average Bonchev–Trinajstić information content (AvgIpc) is 2.27. The molecule has 1 heterocycles. The smallest absolute Gasteiger partial charge is 0.221 e. The Morgan fingerprint density at radius 1 is 1.73 bits per heavy atom. The minimum Gasteiger partial charge on any atom is -0.353 e. The molecule has 0 spiro atoms. The lowest BCUT2D eigenvalue weighted by Crippen LogP contribution is -2.44. The van der Waals surface area contributed by atoms with Gasteiger partial charge >= 0.3 is 0 Å². The van der Waals surface area contributed by atoms with Gasteiger partial charge in [0, 0.05) is 18.9 Å². The summed E-state index contributed by atoms with van der Waals surface area (Å²) < 4.78 is 0. The second-order valence-corrected chi connectivity index (χ2v) is 4.17. The third kappa shape index (κ3) is 4.35. The molecular formula is C12H20N2O. The minimum absolute atomic E-state index is 0.0750. The fourth-order valence-electron chi connectivity index (χ4n) is 1.94. The van der Waals surface area contributed by atoms with E-state index >= 15 is 0 Å². The van der Waals surface area contributed by atoms with Gasteiger partial charge in [-0.05, 0) is 38.8 Å². The fourth-order valence-corrected chi connectivity index (χ4v) is 1.94. The second kappa shape index (κ2) is 6.47. The molecule has 0 bridgehead atoms. The van der Waals surface area contributed by atoms with Gasteiger partial charge in [0.1, 0.15) is 0 Å². The molecule has 15 heavy (non-hydrogen) atoms. The Hall–Kier alpha value is -1.01. The first-order chi connectivity index (χ1) is 7.24. The van der Waals surface area contributed by atoms with Crippen molar-refractivity contribution in [2.75, 3.05) is 13.1 Å². The molecule has 1 rings (SSSR count). The molecule has 0 aromatic heterocycles. The van der Waals surface area contributed by atoms with E-state index in [9.17, 15) is 4.79 Å². The molecule has 1 aliphatic heterocycles. The average molecular weight is 208 g/mol. The van der Waals surface area contributed by atoms with Crippen LogP contribution in [0.1, 0.15) is 32.6 Å². The van der Waals surface area contributed by atoms with Crippen LogP contribution in [0.3, 0.4) is 0 Å². The van der Waals surface area contributed by atoms with Gasteiger partial charge in [-0.3, -0.25) is 4.79 Å². The largest absolute Gasteiger partial charge is 0.353 e. The molecule has 1 fully saturated rings. The van der Waals surface area contributed by atoms with Crippen LogP contribution in [0.15, 0.2) is 0 Å². The quantitative estimate of drug-likeness (QED) is 0.674. The lowest BCUT2D eigenvalue weighted by molar-refractivity contribution is -0.121. The van der Waals surface area contributed by atoms with Gasteiger partial charge in [0.15, 0.2) is 0 Å². The van der Waals surface area contributed by atoms with E-state index in [-0.39, 0.29) is 11.9 Å². The van der Waals surface area contributed by atoms with E-state index in [1.54, 1.807) is 0 Å². The third-order valence-corrected chi connectivity index (χ3v) is 2.93. The fraction of sp³-hybridized carbons (Fsp3) is 0.750. The molecule has 0 aliphatic carbocycles. The number of hydrogen-bond acceptors (Lipinski definition) is 2. The van der Waals surface area contributed by atoms with E-state index in [0.717, 1.165) is 13.1 Å². The van der Waals surface area contributed by atoms with Crippen molar-refractivity contribution in [2.24, 2.45) is 5.92 Å². The number of rotatable bonds is 4. The predicted octanol–water partition coefficient (Wildman–Crippen LogP) is 0.904. The van der Waals surface area contributed by atoms with Crippen LogP contribution in [0.5, 0.6) is 0 Å². The number of carbonyl (C=O) groups excluding carboxylic acids is 1. The van der Waals surface area contributed by atoms with Crippen molar-refractivity contribution >= 4 is 5.91 Å². The highest BCUT2D eigenvalue weighted by molar-refractivity contribution is 5.76. The zero-order chi connectivity index (χ0) is 11.1. The topological polar surface area (TPSA) is 41.1 Å². The summed E-state index contributed by atoms with van der Waals surface area (Å²) in [6, 6.07) is 0.253. The molecule has 3 heteroatoms. The predicted molar refractivity (Wildman–Crippen MR) is 61.3 cm³/mol. The number of terminal acetylenes is 1. The summed E-state index contributed by atoms with van der Waals surface area (Å²) in [5.41, 5.74) is 0. The molecule has 2 unspecified atom stereocenters. The molecule has 0 saturated carbocycles. The number of carbonyl (C=O) groups is 1. The van der Waals surface area contributed by atoms with Crippen molar-refractivity contribution in [1.29, 1.82) is 0 Å². The summed E-state index contributed by atoms with van der Waals surface area (Å²) in [6.45, 7) is 4.19. The van der Waals surface area contributed by atoms with E-state index < -0.39 is 0 Å². The normalized spacial score (nSPS) is 22.8. The molecule has 0 aromatic carbocycles. The monoisotopic (exact) mass is 208 g/mol. The zero-order valence-corrected chi connectivity index (χ0v) is 9.38. The highest BCUT2D eigenvalue weighted by Crippen LogP contribution is 2.14. The molecule has 0 radical (unpaired) electrons. The van der Waals surface area contributed by atoms with E-state index in [0.29, 0.717) is 18.8 Å². The summed E-state index contributed by atoms with van der Waals surface area (Å²) in [4.78, 5) is 11.4. The highest BCUT2D eigenvalue weighted by Gasteiger charge is 2.20. The molecule has 3 nitrogen and oxygen atoms in total.